The standard InChI is InChI=1S/C27H21N5O4/c1-17(33)36-23-11-5-2-8-20(23)26(34)31-24-13-12-18(15-29-24)27(35)32-16-19-7-6-14-28-25(19)30-21-9-3-4-10-22(21)32/h2-15H,16H2,1H3,(H,28,30)(H,29,31,34). The summed E-state index contributed by atoms with van der Waals surface area (Å²) in [5.41, 5.74) is 2.92. The number of rotatable bonds is 4. The van der Waals surface area contributed by atoms with Crippen LogP contribution in [0.5, 0.6) is 5.75 Å². The predicted octanol–water partition coefficient (Wildman–Crippen LogP) is 4.56. The summed E-state index contributed by atoms with van der Waals surface area (Å²) in [6.07, 6.45) is 3.12. The summed E-state index contributed by atoms with van der Waals surface area (Å²) in [5, 5.41) is 5.97. The van der Waals surface area contributed by atoms with Crippen molar-refractivity contribution in [1.82, 2.24) is 9.97 Å². The topological polar surface area (TPSA) is 114 Å². The zero-order valence-corrected chi connectivity index (χ0v) is 19.3. The van der Waals surface area contributed by atoms with Crippen molar-refractivity contribution < 1.29 is 19.1 Å². The number of carbonyl (C=O) groups excluding carboxylic acids is 3. The molecular formula is C27H21N5O4. The summed E-state index contributed by atoms with van der Waals surface area (Å²) in [6, 6.07) is 20.8. The minimum atomic E-state index is -0.528. The first-order valence-electron chi connectivity index (χ1n) is 11.2. The number of benzene rings is 2. The lowest BCUT2D eigenvalue weighted by molar-refractivity contribution is -0.131. The molecule has 0 bridgehead atoms. The number of para-hydroxylation sites is 3. The highest BCUT2D eigenvalue weighted by Crippen LogP contribution is 2.35. The van der Waals surface area contributed by atoms with Gasteiger partial charge in [-0.2, -0.15) is 0 Å². The van der Waals surface area contributed by atoms with E-state index in [2.05, 4.69) is 20.6 Å². The molecule has 1 aliphatic rings. The molecular weight excluding hydrogens is 458 g/mol. The fourth-order valence-corrected chi connectivity index (χ4v) is 3.89. The fraction of sp³-hybridized carbons (Fsp3) is 0.0741. The van der Waals surface area contributed by atoms with Gasteiger partial charge in [0, 0.05) is 24.9 Å². The molecule has 9 nitrogen and oxygen atoms in total. The van der Waals surface area contributed by atoms with E-state index in [0.717, 1.165) is 16.9 Å². The Hall–Kier alpha value is -5.05. The first-order chi connectivity index (χ1) is 17.5. The third-order valence-corrected chi connectivity index (χ3v) is 5.55. The van der Waals surface area contributed by atoms with E-state index < -0.39 is 11.9 Å². The molecule has 0 fully saturated rings. The Morgan fingerprint density at radius 2 is 1.75 bits per heavy atom. The number of nitrogens with one attached hydrogen (secondary N) is 2. The van der Waals surface area contributed by atoms with Crippen LogP contribution in [-0.2, 0) is 11.3 Å². The van der Waals surface area contributed by atoms with E-state index in [0.29, 0.717) is 17.9 Å². The normalized spacial score (nSPS) is 11.9. The predicted molar refractivity (Wildman–Crippen MR) is 134 cm³/mol. The Bertz CT molecular complexity index is 1470. The second-order valence-corrected chi connectivity index (χ2v) is 8.02. The molecule has 0 aliphatic carbocycles. The summed E-state index contributed by atoms with van der Waals surface area (Å²) in [5.74, 6) is -0.161. The van der Waals surface area contributed by atoms with Gasteiger partial charge in [0.15, 0.2) is 0 Å². The molecule has 4 aromatic rings. The van der Waals surface area contributed by atoms with Crippen molar-refractivity contribution in [1.29, 1.82) is 0 Å². The summed E-state index contributed by atoms with van der Waals surface area (Å²) in [4.78, 5) is 47.9. The number of hydrogen-bond donors (Lipinski definition) is 2. The number of ether oxygens (including phenoxy) is 1. The third-order valence-electron chi connectivity index (χ3n) is 5.55. The fourth-order valence-electron chi connectivity index (χ4n) is 3.89. The summed E-state index contributed by atoms with van der Waals surface area (Å²) in [7, 11) is 0. The summed E-state index contributed by atoms with van der Waals surface area (Å²) < 4.78 is 5.11. The molecule has 3 heterocycles. The number of pyridine rings is 2. The largest absolute Gasteiger partial charge is 0.426 e. The molecule has 0 atom stereocenters. The average Bonchev–Trinajstić information content (AvgIpc) is 3.05. The molecule has 2 N–H and O–H groups in total. The van der Waals surface area contributed by atoms with Gasteiger partial charge in [0.2, 0.25) is 0 Å². The highest BCUT2D eigenvalue weighted by atomic mass is 16.5. The molecule has 2 amide bonds. The third kappa shape index (κ3) is 4.62. The Morgan fingerprint density at radius 3 is 2.56 bits per heavy atom. The van der Waals surface area contributed by atoms with Gasteiger partial charge in [0.05, 0.1) is 29.0 Å². The van der Waals surface area contributed by atoms with Gasteiger partial charge in [-0.1, -0.05) is 30.3 Å². The maximum absolute atomic E-state index is 13.5. The van der Waals surface area contributed by atoms with E-state index in [1.54, 1.807) is 41.4 Å². The molecule has 9 heteroatoms. The first-order valence-corrected chi connectivity index (χ1v) is 11.2. The number of esters is 1. The molecule has 0 spiro atoms. The maximum Gasteiger partial charge on any atom is 0.308 e. The van der Waals surface area contributed by atoms with Crippen LogP contribution in [0.25, 0.3) is 0 Å². The quantitative estimate of drug-likeness (QED) is 0.326. The van der Waals surface area contributed by atoms with Crippen molar-refractivity contribution in [2.24, 2.45) is 0 Å². The van der Waals surface area contributed by atoms with Crippen molar-refractivity contribution in [3.63, 3.8) is 0 Å². The number of nitrogens with zero attached hydrogens (tertiary/aromatic N) is 3. The van der Waals surface area contributed by atoms with Crippen LogP contribution in [0.4, 0.5) is 23.0 Å². The van der Waals surface area contributed by atoms with Gasteiger partial charge < -0.3 is 20.3 Å². The number of fused-ring (bicyclic) bond motifs is 2. The lowest BCUT2D eigenvalue weighted by Crippen LogP contribution is -2.30. The SMILES string of the molecule is CC(=O)Oc1ccccc1C(=O)Nc1ccc(C(=O)N2Cc3cccnc3Nc3ccccc32)cn1. The molecule has 36 heavy (non-hydrogen) atoms. The molecule has 2 aromatic heterocycles. The zero-order chi connectivity index (χ0) is 25.1. The van der Waals surface area contributed by atoms with Crippen LogP contribution >= 0.6 is 0 Å². The van der Waals surface area contributed by atoms with E-state index in [4.69, 9.17) is 4.74 Å². The minimum Gasteiger partial charge on any atom is -0.426 e. The summed E-state index contributed by atoms with van der Waals surface area (Å²) in [6.45, 7) is 1.59. The van der Waals surface area contributed by atoms with Crippen LogP contribution in [0.2, 0.25) is 0 Å². The highest BCUT2D eigenvalue weighted by Gasteiger charge is 2.25. The van der Waals surface area contributed by atoms with Crippen molar-refractivity contribution in [2.45, 2.75) is 13.5 Å². The van der Waals surface area contributed by atoms with Crippen molar-refractivity contribution in [3.05, 3.63) is 102 Å². The molecule has 0 saturated heterocycles. The number of aromatic nitrogens is 2. The van der Waals surface area contributed by atoms with Gasteiger partial charge >= 0.3 is 5.97 Å². The maximum atomic E-state index is 13.5. The van der Waals surface area contributed by atoms with Crippen molar-refractivity contribution in [3.8, 4) is 5.75 Å². The summed E-state index contributed by atoms with van der Waals surface area (Å²) >= 11 is 0. The number of anilines is 4. The molecule has 178 valence electrons. The van der Waals surface area contributed by atoms with Gasteiger partial charge in [-0.05, 0) is 42.5 Å². The lowest BCUT2D eigenvalue weighted by Gasteiger charge is -2.22. The van der Waals surface area contributed by atoms with Gasteiger partial charge in [-0.15, -0.1) is 0 Å². The zero-order valence-electron chi connectivity index (χ0n) is 19.3. The van der Waals surface area contributed by atoms with E-state index in [9.17, 15) is 14.4 Å². The molecule has 0 unspecified atom stereocenters. The Balaban J connectivity index is 1.37. The van der Waals surface area contributed by atoms with Gasteiger partial charge in [0.25, 0.3) is 11.8 Å². The lowest BCUT2D eigenvalue weighted by atomic mass is 10.1. The van der Waals surface area contributed by atoms with Crippen molar-refractivity contribution >= 4 is 40.8 Å². The van der Waals surface area contributed by atoms with Crippen LogP contribution in [0.3, 0.4) is 0 Å². The highest BCUT2D eigenvalue weighted by molar-refractivity contribution is 6.09. The van der Waals surface area contributed by atoms with Crippen molar-refractivity contribution in [2.75, 3.05) is 15.5 Å². The van der Waals surface area contributed by atoms with E-state index in [1.165, 1.54) is 19.2 Å². The van der Waals surface area contributed by atoms with Crippen LogP contribution in [0.15, 0.2) is 85.2 Å². The number of carbonyl (C=O) groups is 3. The Kier molecular flexibility index (Phi) is 6.10. The monoisotopic (exact) mass is 479 g/mol. The van der Waals surface area contributed by atoms with Gasteiger partial charge in [0.1, 0.15) is 17.4 Å². The first kappa shape index (κ1) is 22.7. The Labute approximate surface area is 206 Å². The van der Waals surface area contributed by atoms with Crippen LogP contribution < -0.4 is 20.3 Å². The molecule has 0 saturated carbocycles. The number of amides is 2. The Morgan fingerprint density at radius 1 is 0.944 bits per heavy atom. The van der Waals surface area contributed by atoms with E-state index in [1.807, 2.05) is 36.4 Å². The minimum absolute atomic E-state index is 0.150. The second kappa shape index (κ2) is 9.67. The average molecular weight is 479 g/mol. The smallest absolute Gasteiger partial charge is 0.308 e. The van der Waals surface area contributed by atoms with Crippen LogP contribution in [0, 0.1) is 0 Å². The van der Waals surface area contributed by atoms with Gasteiger partial charge in [-0.25, -0.2) is 9.97 Å². The molecule has 1 aliphatic heterocycles. The number of hydrogen-bond acceptors (Lipinski definition) is 7. The van der Waals surface area contributed by atoms with E-state index in [-0.39, 0.29) is 23.0 Å². The van der Waals surface area contributed by atoms with Gasteiger partial charge in [-0.3, -0.25) is 14.4 Å². The second-order valence-electron chi connectivity index (χ2n) is 8.02. The van der Waals surface area contributed by atoms with E-state index >= 15 is 0 Å². The molecule has 2 aromatic carbocycles. The molecule has 0 radical (unpaired) electrons. The van der Waals surface area contributed by atoms with Crippen LogP contribution in [-0.4, -0.2) is 27.8 Å². The van der Waals surface area contributed by atoms with Crippen LogP contribution in [0.1, 0.15) is 33.2 Å². The molecule has 5 rings (SSSR count).